The van der Waals surface area contributed by atoms with Gasteiger partial charge < -0.3 is 16.0 Å². The van der Waals surface area contributed by atoms with Crippen LogP contribution in [0.5, 0.6) is 0 Å². The van der Waals surface area contributed by atoms with Gasteiger partial charge >= 0.3 is 0 Å². The van der Waals surface area contributed by atoms with Crippen LogP contribution in [0.2, 0.25) is 0 Å². The second kappa shape index (κ2) is 9.78. The van der Waals surface area contributed by atoms with Crippen LogP contribution in [0.3, 0.4) is 0 Å². The zero-order valence-electron chi connectivity index (χ0n) is 15.5. The van der Waals surface area contributed by atoms with Crippen molar-refractivity contribution in [2.45, 2.75) is 58.7 Å². The number of aryl methyl sites for hydroxylation is 1. The van der Waals surface area contributed by atoms with Crippen molar-refractivity contribution in [3.63, 3.8) is 0 Å². The Morgan fingerprint density at radius 2 is 2.00 bits per heavy atom. The Balaban J connectivity index is 0.00000312. The summed E-state index contributed by atoms with van der Waals surface area (Å²) in [6.07, 6.45) is 2.02. The fourth-order valence-corrected chi connectivity index (χ4v) is 3.06. The normalized spacial score (nSPS) is 21.2. The number of carbonyl (C=O) groups is 2. The zero-order chi connectivity index (χ0) is 17.7. The first kappa shape index (κ1) is 21.5. The quantitative estimate of drug-likeness (QED) is 0.748. The number of rotatable bonds is 5. The highest BCUT2D eigenvalue weighted by molar-refractivity contribution is 5.97. The van der Waals surface area contributed by atoms with Crippen LogP contribution in [0.4, 0.5) is 0 Å². The molecule has 0 spiro atoms. The molecule has 0 aliphatic carbocycles. The van der Waals surface area contributed by atoms with Gasteiger partial charge in [-0.25, -0.2) is 0 Å². The first-order valence-corrected chi connectivity index (χ1v) is 8.79. The van der Waals surface area contributed by atoms with Gasteiger partial charge in [0, 0.05) is 17.6 Å². The van der Waals surface area contributed by atoms with Crippen molar-refractivity contribution in [3.8, 4) is 0 Å². The predicted molar refractivity (Wildman–Crippen MR) is 103 cm³/mol. The molecule has 1 saturated heterocycles. The van der Waals surface area contributed by atoms with Crippen LogP contribution in [-0.4, -0.2) is 36.5 Å². The first-order chi connectivity index (χ1) is 11.4. The molecule has 140 valence electrons. The maximum Gasteiger partial charge on any atom is 0.251 e. The van der Waals surface area contributed by atoms with Gasteiger partial charge in [-0.15, -0.1) is 12.4 Å². The lowest BCUT2D eigenvalue weighted by atomic mass is 9.97. The summed E-state index contributed by atoms with van der Waals surface area (Å²) in [5.41, 5.74) is 1.61. The van der Waals surface area contributed by atoms with E-state index < -0.39 is 6.04 Å². The van der Waals surface area contributed by atoms with Crippen LogP contribution in [0.15, 0.2) is 24.3 Å². The summed E-state index contributed by atoms with van der Waals surface area (Å²) in [6.45, 7) is 8.92. The minimum absolute atomic E-state index is 0. The van der Waals surface area contributed by atoms with Gasteiger partial charge in [0.2, 0.25) is 5.91 Å². The lowest BCUT2D eigenvalue weighted by molar-refractivity contribution is -0.125. The van der Waals surface area contributed by atoms with E-state index in [2.05, 4.69) is 22.9 Å². The topological polar surface area (TPSA) is 70.2 Å². The Morgan fingerprint density at radius 3 is 2.60 bits per heavy atom. The SMILES string of the molecule is Cc1cccc(C(=O)NC(C(=O)NC2CCCNC2C)C(C)C)c1.Cl. The predicted octanol–water partition coefficient (Wildman–Crippen LogP) is 2.43. The maximum atomic E-state index is 12.7. The number of hydrogen-bond acceptors (Lipinski definition) is 3. The zero-order valence-corrected chi connectivity index (χ0v) is 16.3. The molecule has 6 heteroatoms. The molecule has 1 heterocycles. The van der Waals surface area contributed by atoms with Crippen LogP contribution >= 0.6 is 12.4 Å². The summed E-state index contributed by atoms with van der Waals surface area (Å²) in [6, 6.07) is 7.23. The number of amides is 2. The molecular formula is C19H30ClN3O2. The monoisotopic (exact) mass is 367 g/mol. The van der Waals surface area contributed by atoms with E-state index >= 15 is 0 Å². The van der Waals surface area contributed by atoms with Crippen LogP contribution in [0.25, 0.3) is 0 Å². The van der Waals surface area contributed by atoms with Gasteiger partial charge in [-0.05, 0) is 51.3 Å². The number of nitrogens with one attached hydrogen (secondary N) is 3. The molecule has 1 aliphatic rings. The molecule has 0 aromatic heterocycles. The highest BCUT2D eigenvalue weighted by Gasteiger charge is 2.29. The Kier molecular flexibility index (Phi) is 8.39. The summed E-state index contributed by atoms with van der Waals surface area (Å²) in [5, 5.41) is 9.37. The van der Waals surface area contributed by atoms with Crippen molar-refractivity contribution < 1.29 is 9.59 Å². The Morgan fingerprint density at radius 1 is 1.28 bits per heavy atom. The van der Waals surface area contributed by atoms with Crippen molar-refractivity contribution >= 4 is 24.2 Å². The van der Waals surface area contributed by atoms with Crippen LogP contribution in [-0.2, 0) is 4.79 Å². The largest absolute Gasteiger partial charge is 0.350 e. The third-order valence-corrected chi connectivity index (χ3v) is 4.61. The molecule has 3 unspecified atom stereocenters. The second-order valence-electron chi connectivity index (χ2n) is 7.06. The van der Waals surface area contributed by atoms with Gasteiger partial charge in [0.15, 0.2) is 0 Å². The van der Waals surface area contributed by atoms with E-state index in [1.807, 2.05) is 39.0 Å². The van der Waals surface area contributed by atoms with Gasteiger partial charge in [0.1, 0.15) is 6.04 Å². The molecule has 1 fully saturated rings. The molecule has 25 heavy (non-hydrogen) atoms. The molecule has 1 aromatic carbocycles. The standard InChI is InChI=1S/C19H29N3O2.ClH/c1-12(2)17(19(24)21-16-9-6-10-20-14(16)4)22-18(23)15-8-5-7-13(3)11-15;/h5,7-8,11-12,14,16-17,20H,6,9-10H2,1-4H3,(H,21,24)(H,22,23);1H. The van der Waals surface area contributed by atoms with E-state index in [4.69, 9.17) is 0 Å². The third kappa shape index (κ3) is 6.01. The lowest BCUT2D eigenvalue weighted by Gasteiger charge is -2.32. The number of benzene rings is 1. The Bertz CT molecular complexity index is 592. The number of piperidine rings is 1. The van der Waals surface area contributed by atoms with E-state index in [9.17, 15) is 9.59 Å². The smallest absolute Gasteiger partial charge is 0.251 e. The van der Waals surface area contributed by atoms with Crippen molar-refractivity contribution in [2.75, 3.05) is 6.54 Å². The molecule has 0 radical (unpaired) electrons. The molecule has 1 aromatic rings. The van der Waals surface area contributed by atoms with Crippen LogP contribution in [0, 0.1) is 12.8 Å². The van der Waals surface area contributed by atoms with Crippen molar-refractivity contribution in [1.82, 2.24) is 16.0 Å². The van der Waals surface area contributed by atoms with Crippen molar-refractivity contribution in [1.29, 1.82) is 0 Å². The van der Waals surface area contributed by atoms with Gasteiger partial charge in [0.25, 0.3) is 5.91 Å². The molecule has 0 bridgehead atoms. The van der Waals surface area contributed by atoms with Gasteiger partial charge in [-0.3, -0.25) is 9.59 Å². The highest BCUT2D eigenvalue weighted by Crippen LogP contribution is 2.11. The average Bonchev–Trinajstić information content (AvgIpc) is 2.54. The van der Waals surface area contributed by atoms with E-state index in [1.54, 1.807) is 6.07 Å². The molecule has 0 saturated carbocycles. The van der Waals surface area contributed by atoms with E-state index in [1.165, 1.54) is 0 Å². The third-order valence-electron chi connectivity index (χ3n) is 4.61. The fourth-order valence-electron chi connectivity index (χ4n) is 3.06. The highest BCUT2D eigenvalue weighted by atomic mass is 35.5. The number of halogens is 1. The molecule has 5 nitrogen and oxygen atoms in total. The number of hydrogen-bond donors (Lipinski definition) is 3. The molecule has 2 rings (SSSR count). The Labute approximate surface area is 156 Å². The van der Waals surface area contributed by atoms with Gasteiger partial charge in [-0.2, -0.15) is 0 Å². The minimum atomic E-state index is -0.535. The minimum Gasteiger partial charge on any atom is -0.350 e. The summed E-state index contributed by atoms with van der Waals surface area (Å²) >= 11 is 0. The molecule has 1 aliphatic heterocycles. The van der Waals surface area contributed by atoms with E-state index in [0.29, 0.717) is 5.56 Å². The summed E-state index contributed by atoms with van der Waals surface area (Å²) in [4.78, 5) is 25.1. The molecule has 3 N–H and O–H groups in total. The van der Waals surface area contributed by atoms with Crippen molar-refractivity contribution in [2.24, 2.45) is 5.92 Å². The maximum absolute atomic E-state index is 12.7. The summed E-state index contributed by atoms with van der Waals surface area (Å²) in [7, 11) is 0. The Hall–Kier alpha value is -1.59. The molecular weight excluding hydrogens is 338 g/mol. The van der Waals surface area contributed by atoms with Gasteiger partial charge in [-0.1, -0.05) is 31.5 Å². The summed E-state index contributed by atoms with van der Waals surface area (Å²) < 4.78 is 0. The first-order valence-electron chi connectivity index (χ1n) is 8.79. The fraction of sp³-hybridized carbons (Fsp3) is 0.579. The average molecular weight is 368 g/mol. The van der Waals surface area contributed by atoms with Gasteiger partial charge in [0.05, 0.1) is 0 Å². The summed E-state index contributed by atoms with van der Waals surface area (Å²) in [5.74, 6) is -0.292. The van der Waals surface area contributed by atoms with E-state index in [-0.39, 0.29) is 42.2 Å². The number of carbonyl (C=O) groups excluding carboxylic acids is 2. The van der Waals surface area contributed by atoms with Crippen molar-refractivity contribution in [3.05, 3.63) is 35.4 Å². The van der Waals surface area contributed by atoms with Crippen LogP contribution in [0.1, 0.15) is 49.5 Å². The molecule has 2 amide bonds. The second-order valence-corrected chi connectivity index (χ2v) is 7.06. The van der Waals surface area contributed by atoms with Crippen LogP contribution < -0.4 is 16.0 Å². The lowest BCUT2D eigenvalue weighted by Crippen LogP contribution is -2.57. The van der Waals surface area contributed by atoms with E-state index in [0.717, 1.165) is 24.9 Å². The molecule has 3 atom stereocenters.